The van der Waals surface area contributed by atoms with Gasteiger partial charge in [-0.2, -0.15) is 0 Å². The third-order valence-corrected chi connectivity index (χ3v) is 5.19. The number of pyridine rings is 1. The molecule has 2 aliphatic heterocycles. The Morgan fingerprint density at radius 2 is 1.96 bits per heavy atom. The Bertz CT molecular complexity index is 566. The van der Waals surface area contributed by atoms with Gasteiger partial charge in [0.05, 0.1) is 18.8 Å². The number of carbonyl (C=O) groups excluding carboxylic acids is 1. The number of aromatic nitrogens is 1. The van der Waals surface area contributed by atoms with Gasteiger partial charge in [0.2, 0.25) is 0 Å². The van der Waals surface area contributed by atoms with E-state index in [-0.39, 0.29) is 5.91 Å². The number of hydrogen-bond donors (Lipinski definition) is 1. The summed E-state index contributed by atoms with van der Waals surface area (Å²) in [6, 6.07) is 4.06. The molecule has 0 bridgehead atoms. The minimum absolute atomic E-state index is 0.0195. The van der Waals surface area contributed by atoms with Crippen LogP contribution >= 0.6 is 0 Å². The second-order valence-corrected chi connectivity index (χ2v) is 7.24. The summed E-state index contributed by atoms with van der Waals surface area (Å²) in [7, 11) is 0. The molecule has 1 atom stereocenters. The molecule has 25 heavy (non-hydrogen) atoms. The van der Waals surface area contributed by atoms with Crippen LogP contribution in [0.15, 0.2) is 18.3 Å². The number of ether oxygens (including phenoxy) is 1. The van der Waals surface area contributed by atoms with Crippen molar-refractivity contribution in [2.24, 2.45) is 5.92 Å². The maximum absolute atomic E-state index is 12.8. The number of carbonyl (C=O) groups is 1. The van der Waals surface area contributed by atoms with Crippen LogP contribution in [0.3, 0.4) is 0 Å². The number of nitrogens with one attached hydrogen (secondary N) is 1. The van der Waals surface area contributed by atoms with Crippen LogP contribution in [0.2, 0.25) is 0 Å². The van der Waals surface area contributed by atoms with E-state index in [4.69, 9.17) is 4.74 Å². The van der Waals surface area contributed by atoms with Crippen LogP contribution in [0.4, 0.5) is 5.82 Å². The van der Waals surface area contributed by atoms with Crippen LogP contribution in [0.1, 0.15) is 37.0 Å². The van der Waals surface area contributed by atoms with Crippen molar-refractivity contribution >= 4 is 11.7 Å². The van der Waals surface area contributed by atoms with E-state index in [2.05, 4.69) is 33.9 Å². The molecule has 0 spiro atoms. The van der Waals surface area contributed by atoms with Crippen molar-refractivity contribution in [2.75, 3.05) is 50.8 Å². The Balaban J connectivity index is 1.65. The average molecular weight is 346 g/mol. The minimum atomic E-state index is -0.0195. The van der Waals surface area contributed by atoms with Crippen LogP contribution < -0.4 is 10.2 Å². The van der Waals surface area contributed by atoms with Crippen molar-refractivity contribution in [3.05, 3.63) is 23.9 Å². The van der Waals surface area contributed by atoms with Gasteiger partial charge in [-0.25, -0.2) is 4.98 Å². The second-order valence-electron chi connectivity index (χ2n) is 7.24. The fraction of sp³-hybridized carbons (Fsp3) is 0.684. The van der Waals surface area contributed by atoms with Gasteiger partial charge in [-0.3, -0.25) is 9.69 Å². The molecule has 2 aliphatic rings. The average Bonchev–Trinajstić information content (AvgIpc) is 3.17. The molecule has 1 aromatic rings. The molecule has 3 rings (SSSR count). The van der Waals surface area contributed by atoms with Gasteiger partial charge < -0.3 is 15.0 Å². The zero-order chi connectivity index (χ0) is 17.6. The molecular formula is C19H30N4O2. The van der Waals surface area contributed by atoms with Gasteiger partial charge >= 0.3 is 0 Å². The Labute approximate surface area is 150 Å². The normalized spacial score (nSPS) is 20.0. The van der Waals surface area contributed by atoms with Gasteiger partial charge in [-0.15, -0.1) is 0 Å². The van der Waals surface area contributed by atoms with E-state index in [0.717, 1.165) is 45.2 Å². The number of rotatable bonds is 6. The standard InChI is InChI=1S/C19H30N4O2/c1-15(2)17(22-10-12-25-13-11-22)14-21-19(24)16-6-5-7-20-18(16)23-8-3-4-9-23/h5-7,15,17H,3-4,8-14H2,1-2H3,(H,21,24). The first kappa shape index (κ1) is 18.1. The van der Waals surface area contributed by atoms with Crippen molar-refractivity contribution in [3.8, 4) is 0 Å². The van der Waals surface area contributed by atoms with Gasteiger partial charge in [0.15, 0.2) is 0 Å². The van der Waals surface area contributed by atoms with E-state index in [1.54, 1.807) is 6.20 Å². The number of anilines is 1. The molecular weight excluding hydrogens is 316 g/mol. The molecule has 0 radical (unpaired) electrons. The van der Waals surface area contributed by atoms with Gasteiger partial charge in [0, 0.05) is 45.0 Å². The molecule has 2 fully saturated rings. The maximum atomic E-state index is 12.8. The Hall–Kier alpha value is -1.66. The van der Waals surface area contributed by atoms with Crippen molar-refractivity contribution in [2.45, 2.75) is 32.7 Å². The second kappa shape index (κ2) is 8.63. The molecule has 1 amide bonds. The van der Waals surface area contributed by atoms with Gasteiger partial charge in [0.1, 0.15) is 5.82 Å². The van der Waals surface area contributed by atoms with E-state index in [9.17, 15) is 4.79 Å². The largest absolute Gasteiger partial charge is 0.379 e. The Kier molecular flexibility index (Phi) is 6.26. The first-order valence-electron chi connectivity index (χ1n) is 9.47. The molecule has 0 aliphatic carbocycles. The predicted octanol–water partition coefficient (Wildman–Crippen LogP) is 1.77. The summed E-state index contributed by atoms with van der Waals surface area (Å²) in [4.78, 5) is 21.9. The third-order valence-electron chi connectivity index (χ3n) is 5.19. The fourth-order valence-electron chi connectivity index (χ4n) is 3.74. The highest BCUT2D eigenvalue weighted by atomic mass is 16.5. The molecule has 6 nitrogen and oxygen atoms in total. The zero-order valence-corrected chi connectivity index (χ0v) is 15.4. The topological polar surface area (TPSA) is 57.7 Å². The van der Waals surface area contributed by atoms with Crippen LogP contribution in [-0.4, -0.2) is 67.8 Å². The minimum Gasteiger partial charge on any atom is -0.379 e. The summed E-state index contributed by atoms with van der Waals surface area (Å²) in [6.45, 7) is 10.5. The maximum Gasteiger partial charge on any atom is 0.255 e. The molecule has 3 heterocycles. The van der Waals surface area contributed by atoms with Gasteiger partial charge in [-0.05, 0) is 30.9 Å². The van der Waals surface area contributed by atoms with Crippen LogP contribution in [0.5, 0.6) is 0 Å². The highest BCUT2D eigenvalue weighted by Gasteiger charge is 2.25. The van der Waals surface area contributed by atoms with Crippen molar-refractivity contribution in [1.29, 1.82) is 0 Å². The molecule has 0 saturated carbocycles. The Morgan fingerprint density at radius 1 is 1.24 bits per heavy atom. The van der Waals surface area contributed by atoms with Crippen molar-refractivity contribution in [3.63, 3.8) is 0 Å². The summed E-state index contributed by atoms with van der Waals surface area (Å²) in [6.07, 6.45) is 4.11. The molecule has 6 heteroatoms. The highest BCUT2D eigenvalue weighted by Crippen LogP contribution is 2.22. The lowest BCUT2D eigenvalue weighted by atomic mass is 10.0. The molecule has 0 aromatic carbocycles. The molecule has 1 unspecified atom stereocenters. The number of amides is 1. The zero-order valence-electron chi connectivity index (χ0n) is 15.4. The number of nitrogens with zero attached hydrogens (tertiary/aromatic N) is 3. The smallest absolute Gasteiger partial charge is 0.255 e. The van der Waals surface area contributed by atoms with E-state index in [0.29, 0.717) is 24.1 Å². The predicted molar refractivity (Wildman–Crippen MR) is 99.0 cm³/mol. The fourth-order valence-corrected chi connectivity index (χ4v) is 3.74. The lowest BCUT2D eigenvalue weighted by Crippen LogP contribution is -2.51. The van der Waals surface area contributed by atoms with Crippen molar-refractivity contribution in [1.82, 2.24) is 15.2 Å². The number of morpholine rings is 1. The van der Waals surface area contributed by atoms with Gasteiger partial charge in [0.25, 0.3) is 5.91 Å². The first-order valence-corrected chi connectivity index (χ1v) is 9.47. The lowest BCUT2D eigenvalue weighted by Gasteiger charge is -2.37. The molecule has 1 N–H and O–H groups in total. The Morgan fingerprint density at radius 3 is 2.64 bits per heavy atom. The van der Waals surface area contributed by atoms with E-state index in [1.165, 1.54) is 12.8 Å². The van der Waals surface area contributed by atoms with Crippen LogP contribution in [0.25, 0.3) is 0 Å². The quantitative estimate of drug-likeness (QED) is 0.851. The van der Waals surface area contributed by atoms with Crippen LogP contribution in [0, 0.1) is 5.92 Å². The summed E-state index contributed by atoms with van der Waals surface area (Å²) in [5.74, 6) is 1.28. The number of hydrogen-bond acceptors (Lipinski definition) is 5. The first-order chi connectivity index (χ1) is 12.2. The highest BCUT2D eigenvalue weighted by molar-refractivity contribution is 5.98. The van der Waals surface area contributed by atoms with Gasteiger partial charge in [-0.1, -0.05) is 13.8 Å². The van der Waals surface area contributed by atoms with E-state index in [1.807, 2.05) is 12.1 Å². The molecule has 138 valence electrons. The molecule has 1 aromatic heterocycles. The van der Waals surface area contributed by atoms with Crippen molar-refractivity contribution < 1.29 is 9.53 Å². The molecule has 2 saturated heterocycles. The van der Waals surface area contributed by atoms with Crippen LogP contribution in [-0.2, 0) is 4.74 Å². The SMILES string of the molecule is CC(C)C(CNC(=O)c1cccnc1N1CCCC1)N1CCOCC1. The lowest BCUT2D eigenvalue weighted by molar-refractivity contribution is 0.00673. The van der Waals surface area contributed by atoms with E-state index < -0.39 is 0 Å². The monoisotopic (exact) mass is 346 g/mol. The summed E-state index contributed by atoms with van der Waals surface area (Å²) in [5, 5.41) is 3.15. The summed E-state index contributed by atoms with van der Waals surface area (Å²) >= 11 is 0. The summed E-state index contributed by atoms with van der Waals surface area (Å²) in [5.41, 5.74) is 0.689. The van der Waals surface area contributed by atoms with E-state index >= 15 is 0 Å². The third kappa shape index (κ3) is 4.50. The summed E-state index contributed by atoms with van der Waals surface area (Å²) < 4.78 is 5.45.